The Labute approximate surface area is 156 Å². The lowest BCUT2D eigenvalue weighted by atomic mass is 9.99. The van der Waals surface area contributed by atoms with Crippen LogP contribution in [0.3, 0.4) is 0 Å². The Bertz CT molecular complexity index is 836. The van der Waals surface area contributed by atoms with Gasteiger partial charge in [-0.1, -0.05) is 37.6 Å². The molecule has 0 spiro atoms. The molecule has 1 aromatic heterocycles. The van der Waals surface area contributed by atoms with E-state index in [-0.39, 0.29) is 24.2 Å². The minimum Gasteiger partial charge on any atom is -0.481 e. The van der Waals surface area contributed by atoms with E-state index in [0.717, 1.165) is 6.42 Å². The zero-order valence-electron chi connectivity index (χ0n) is 14.7. The van der Waals surface area contributed by atoms with E-state index >= 15 is 0 Å². The average molecular weight is 377 g/mol. The van der Waals surface area contributed by atoms with Crippen molar-refractivity contribution in [2.24, 2.45) is 11.8 Å². The van der Waals surface area contributed by atoms with Crippen LogP contribution in [0.1, 0.15) is 36.7 Å². The number of hydrogen-bond acceptors (Lipinski definition) is 4. The molecule has 1 aliphatic rings. The Morgan fingerprint density at radius 1 is 1.31 bits per heavy atom. The molecule has 0 unspecified atom stereocenters. The third kappa shape index (κ3) is 3.44. The number of nitrogens with zero attached hydrogens (tertiary/aromatic N) is 4. The van der Waals surface area contributed by atoms with Crippen molar-refractivity contribution in [3.05, 3.63) is 40.9 Å². The van der Waals surface area contributed by atoms with Crippen molar-refractivity contribution >= 4 is 23.5 Å². The molecule has 138 valence electrons. The molecule has 1 aliphatic heterocycles. The number of halogens is 1. The van der Waals surface area contributed by atoms with Crippen LogP contribution in [0.2, 0.25) is 5.02 Å². The van der Waals surface area contributed by atoms with Crippen molar-refractivity contribution in [1.82, 2.24) is 19.7 Å². The van der Waals surface area contributed by atoms with Crippen LogP contribution in [0, 0.1) is 11.8 Å². The van der Waals surface area contributed by atoms with Crippen LogP contribution in [0.4, 0.5) is 0 Å². The molecule has 0 bridgehead atoms. The fraction of sp³-hybridized carbons (Fsp3) is 0.444. The number of aryl methyl sites for hydroxylation is 1. The van der Waals surface area contributed by atoms with Gasteiger partial charge >= 0.3 is 5.97 Å². The summed E-state index contributed by atoms with van der Waals surface area (Å²) in [5, 5.41) is 14.2. The number of hydrogen-bond donors (Lipinski definition) is 1. The van der Waals surface area contributed by atoms with Crippen molar-refractivity contribution in [3.8, 4) is 5.69 Å². The average Bonchev–Trinajstić information content (AvgIpc) is 3.19. The molecular weight excluding hydrogens is 356 g/mol. The number of amides is 1. The number of carbonyl (C=O) groups is 2. The highest BCUT2D eigenvalue weighted by molar-refractivity contribution is 6.32. The first-order chi connectivity index (χ1) is 12.4. The predicted molar refractivity (Wildman–Crippen MR) is 96.6 cm³/mol. The number of likely N-dealkylation sites (tertiary alicyclic amines) is 1. The molecule has 8 heteroatoms. The summed E-state index contributed by atoms with van der Waals surface area (Å²) in [6.07, 6.45) is 1.50. The lowest BCUT2D eigenvalue weighted by Crippen LogP contribution is -2.30. The zero-order valence-corrected chi connectivity index (χ0v) is 15.5. The summed E-state index contributed by atoms with van der Waals surface area (Å²) in [7, 11) is 0. The number of aromatic nitrogens is 3. The molecule has 0 saturated carbocycles. The smallest absolute Gasteiger partial charge is 0.308 e. The van der Waals surface area contributed by atoms with E-state index in [1.807, 2.05) is 32.0 Å². The van der Waals surface area contributed by atoms with Crippen LogP contribution in [0.5, 0.6) is 0 Å². The van der Waals surface area contributed by atoms with Gasteiger partial charge in [-0.3, -0.25) is 9.59 Å². The van der Waals surface area contributed by atoms with Gasteiger partial charge in [-0.2, -0.15) is 0 Å². The summed E-state index contributed by atoms with van der Waals surface area (Å²) in [4.78, 5) is 30.0. The molecule has 2 heterocycles. The molecule has 1 fully saturated rings. The highest BCUT2D eigenvalue weighted by Crippen LogP contribution is 2.25. The first kappa shape index (κ1) is 18.4. The van der Waals surface area contributed by atoms with E-state index in [0.29, 0.717) is 29.5 Å². The van der Waals surface area contributed by atoms with Crippen LogP contribution in [0.15, 0.2) is 24.3 Å². The van der Waals surface area contributed by atoms with Crippen LogP contribution in [0.25, 0.3) is 5.69 Å². The van der Waals surface area contributed by atoms with Crippen molar-refractivity contribution in [3.63, 3.8) is 0 Å². The van der Waals surface area contributed by atoms with Crippen molar-refractivity contribution in [2.75, 3.05) is 13.1 Å². The Morgan fingerprint density at radius 3 is 2.65 bits per heavy atom. The summed E-state index contributed by atoms with van der Waals surface area (Å²) >= 11 is 6.27. The van der Waals surface area contributed by atoms with Gasteiger partial charge < -0.3 is 10.0 Å². The Kier molecular flexibility index (Phi) is 5.27. The second-order valence-electron chi connectivity index (χ2n) is 6.60. The van der Waals surface area contributed by atoms with E-state index in [2.05, 4.69) is 10.1 Å². The van der Waals surface area contributed by atoms with Gasteiger partial charge in [0.15, 0.2) is 0 Å². The fourth-order valence-corrected chi connectivity index (χ4v) is 3.45. The number of carboxylic acids is 1. The van der Waals surface area contributed by atoms with Crippen LogP contribution < -0.4 is 0 Å². The third-order valence-electron chi connectivity index (χ3n) is 4.64. The van der Waals surface area contributed by atoms with E-state index in [1.165, 1.54) is 4.90 Å². The largest absolute Gasteiger partial charge is 0.481 e. The summed E-state index contributed by atoms with van der Waals surface area (Å²) in [6.45, 7) is 4.43. The van der Waals surface area contributed by atoms with E-state index in [9.17, 15) is 14.7 Å². The lowest BCUT2D eigenvalue weighted by molar-refractivity contribution is -0.142. The molecule has 0 radical (unpaired) electrons. The molecule has 0 aliphatic carbocycles. The first-order valence-corrected chi connectivity index (χ1v) is 9.03. The van der Waals surface area contributed by atoms with Gasteiger partial charge in [0, 0.05) is 19.5 Å². The summed E-state index contributed by atoms with van der Waals surface area (Å²) in [6, 6.07) is 7.25. The van der Waals surface area contributed by atoms with Crippen molar-refractivity contribution < 1.29 is 14.7 Å². The molecule has 1 aromatic carbocycles. The molecule has 26 heavy (non-hydrogen) atoms. The Hall–Kier alpha value is -2.41. The maximum atomic E-state index is 12.8. The molecule has 2 aromatic rings. The topological polar surface area (TPSA) is 88.3 Å². The maximum absolute atomic E-state index is 12.8. The fourth-order valence-electron chi connectivity index (χ4n) is 3.23. The standard InChI is InChI=1S/C18H21ClN4O3/c1-3-6-15-20-16(21-23(15)14-8-5-4-7-13(14)19)17(24)22-9-11(2)12(10-22)18(25)26/h4-5,7-8,11-12H,3,6,9-10H2,1-2H3,(H,25,26)/t11-,12-/m1/s1. The number of aliphatic carboxylic acids is 1. The monoisotopic (exact) mass is 376 g/mol. The van der Waals surface area contributed by atoms with E-state index in [4.69, 9.17) is 11.6 Å². The van der Waals surface area contributed by atoms with Gasteiger partial charge in [0.2, 0.25) is 5.82 Å². The molecule has 1 N–H and O–H groups in total. The number of para-hydroxylation sites is 1. The molecule has 2 atom stereocenters. The molecule has 1 amide bonds. The quantitative estimate of drug-likeness (QED) is 0.866. The van der Waals surface area contributed by atoms with Crippen LogP contribution in [-0.2, 0) is 11.2 Å². The second kappa shape index (κ2) is 7.45. The summed E-state index contributed by atoms with van der Waals surface area (Å²) < 4.78 is 1.60. The number of benzene rings is 1. The molecule has 1 saturated heterocycles. The number of carbonyl (C=O) groups excluding carboxylic acids is 1. The van der Waals surface area contributed by atoms with Crippen LogP contribution >= 0.6 is 11.6 Å². The Balaban J connectivity index is 1.92. The molecular formula is C18H21ClN4O3. The van der Waals surface area contributed by atoms with Crippen LogP contribution in [-0.4, -0.2) is 49.7 Å². The minimum absolute atomic E-state index is 0.0756. The van der Waals surface area contributed by atoms with Gasteiger partial charge in [-0.05, 0) is 24.5 Å². The third-order valence-corrected chi connectivity index (χ3v) is 4.96. The number of carboxylic acid groups (broad SMARTS) is 1. The normalized spacial score (nSPS) is 19.7. The highest BCUT2D eigenvalue weighted by atomic mass is 35.5. The molecule has 3 rings (SSSR count). The SMILES string of the molecule is CCCc1nc(C(=O)N2C[C@@H](C)[C@H](C(=O)O)C2)nn1-c1ccccc1Cl. The van der Waals surface area contributed by atoms with E-state index < -0.39 is 11.9 Å². The van der Waals surface area contributed by atoms with Gasteiger partial charge in [-0.15, -0.1) is 5.10 Å². The predicted octanol–water partition coefficient (Wildman–Crippen LogP) is 2.67. The minimum atomic E-state index is -0.881. The summed E-state index contributed by atoms with van der Waals surface area (Å²) in [5.41, 5.74) is 0.669. The second-order valence-corrected chi connectivity index (χ2v) is 7.00. The molecule has 7 nitrogen and oxygen atoms in total. The van der Waals surface area contributed by atoms with Crippen molar-refractivity contribution in [1.29, 1.82) is 0 Å². The maximum Gasteiger partial charge on any atom is 0.308 e. The summed E-state index contributed by atoms with van der Waals surface area (Å²) in [5.74, 6) is -1.15. The lowest BCUT2D eigenvalue weighted by Gasteiger charge is -2.13. The van der Waals surface area contributed by atoms with Crippen molar-refractivity contribution in [2.45, 2.75) is 26.7 Å². The Morgan fingerprint density at radius 2 is 2.04 bits per heavy atom. The highest BCUT2D eigenvalue weighted by Gasteiger charge is 2.38. The van der Waals surface area contributed by atoms with Gasteiger partial charge in [-0.25, -0.2) is 9.67 Å². The van der Waals surface area contributed by atoms with Gasteiger partial charge in [0.1, 0.15) is 5.82 Å². The van der Waals surface area contributed by atoms with Gasteiger partial charge in [0.25, 0.3) is 5.91 Å². The first-order valence-electron chi connectivity index (χ1n) is 8.65. The number of rotatable bonds is 5. The van der Waals surface area contributed by atoms with E-state index in [1.54, 1.807) is 10.7 Å². The zero-order chi connectivity index (χ0) is 18.8. The van der Waals surface area contributed by atoms with Gasteiger partial charge in [0.05, 0.1) is 16.6 Å².